The molecule has 0 saturated carbocycles. The first-order valence-electron chi connectivity index (χ1n) is 5.78. The Bertz CT molecular complexity index is 381. The van der Waals surface area contributed by atoms with Crippen LogP contribution in [0.25, 0.3) is 0 Å². The zero-order valence-corrected chi connectivity index (χ0v) is 10.6. The highest BCUT2D eigenvalue weighted by Crippen LogP contribution is 2.32. The molecule has 1 atom stereocenters. The Morgan fingerprint density at radius 1 is 1.35 bits per heavy atom. The van der Waals surface area contributed by atoms with E-state index in [0.717, 1.165) is 17.9 Å². The first-order valence-corrected chi connectivity index (χ1v) is 5.78. The van der Waals surface area contributed by atoms with Gasteiger partial charge in [-0.2, -0.15) is 0 Å². The van der Waals surface area contributed by atoms with Gasteiger partial charge in [0, 0.05) is 13.2 Å². The molecule has 0 radical (unpaired) electrons. The summed E-state index contributed by atoms with van der Waals surface area (Å²) < 4.78 is 15.8. The third-order valence-corrected chi connectivity index (χ3v) is 3.05. The Morgan fingerprint density at radius 3 is 2.88 bits per heavy atom. The fourth-order valence-corrected chi connectivity index (χ4v) is 1.90. The summed E-state index contributed by atoms with van der Waals surface area (Å²) in [6.07, 6.45) is 0.969. The second-order valence-corrected chi connectivity index (χ2v) is 4.42. The van der Waals surface area contributed by atoms with Gasteiger partial charge in [0.1, 0.15) is 0 Å². The lowest BCUT2D eigenvalue weighted by Crippen LogP contribution is -2.32. The molecule has 0 fully saturated rings. The standard InChI is InChI=1S/C13H19NO3/c1-10(14(2)8-15-3)6-11-4-5-12-13(7-11)17-9-16-12/h4-5,7,10H,6,8-9H2,1-3H3. The van der Waals surface area contributed by atoms with Gasteiger partial charge in [-0.15, -0.1) is 0 Å². The number of hydrogen-bond acceptors (Lipinski definition) is 4. The molecule has 0 amide bonds. The molecule has 0 saturated heterocycles. The molecule has 1 aromatic carbocycles. The molecule has 4 heteroatoms. The van der Waals surface area contributed by atoms with Crippen molar-refractivity contribution in [2.45, 2.75) is 19.4 Å². The van der Waals surface area contributed by atoms with Crippen molar-refractivity contribution in [2.75, 3.05) is 27.7 Å². The smallest absolute Gasteiger partial charge is 0.231 e. The molecule has 0 aliphatic carbocycles. The number of fused-ring (bicyclic) bond motifs is 1. The van der Waals surface area contributed by atoms with Crippen molar-refractivity contribution < 1.29 is 14.2 Å². The molecule has 0 bridgehead atoms. The predicted octanol–water partition coefficient (Wildman–Crippen LogP) is 1.88. The van der Waals surface area contributed by atoms with Gasteiger partial charge in [0.05, 0.1) is 6.73 Å². The van der Waals surface area contributed by atoms with Gasteiger partial charge in [-0.25, -0.2) is 0 Å². The van der Waals surface area contributed by atoms with Crippen LogP contribution in [0.1, 0.15) is 12.5 Å². The molecule has 0 aromatic heterocycles. The van der Waals surface area contributed by atoms with Crippen LogP contribution in [0.4, 0.5) is 0 Å². The highest BCUT2D eigenvalue weighted by Gasteiger charge is 2.15. The molecule has 1 aromatic rings. The van der Waals surface area contributed by atoms with Crippen molar-refractivity contribution in [2.24, 2.45) is 0 Å². The Hall–Kier alpha value is -1.26. The van der Waals surface area contributed by atoms with E-state index in [-0.39, 0.29) is 0 Å². The normalized spacial score (nSPS) is 15.3. The minimum absolute atomic E-state index is 0.331. The van der Waals surface area contributed by atoms with Gasteiger partial charge in [-0.3, -0.25) is 4.90 Å². The van der Waals surface area contributed by atoms with Crippen LogP contribution in [0.5, 0.6) is 11.5 Å². The minimum atomic E-state index is 0.331. The van der Waals surface area contributed by atoms with E-state index >= 15 is 0 Å². The third-order valence-electron chi connectivity index (χ3n) is 3.05. The first-order chi connectivity index (χ1) is 8.20. The quantitative estimate of drug-likeness (QED) is 0.732. The predicted molar refractivity (Wildman–Crippen MR) is 65.4 cm³/mol. The van der Waals surface area contributed by atoms with Crippen LogP contribution in [-0.2, 0) is 11.2 Å². The summed E-state index contributed by atoms with van der Waals surface area (Å²) >= 11 is 0. The maximum atomic E-state index is 5.37. The summed E-state index contributed by atoms with van der Waals surface area (Å²) in [4.78, 5) is 2.17. The molecule has 1 aliphatic heterocycles. The van der Waals surface area contributed by atoms with Gasteiger partial charge >= 0.3 is 0 Å². The van der Waals surface area contributed by atoms with Gasteiger partial charge < -0.3 is 14.2 Å². The summed E-state index contributed by atoms with van der Waals surface area (Å²) in [5.74, 6) is 1.69. The van der Waals surface area contributed by atoms with Gasteiger partial charge in [0.25, 0.3) is 0 Å². The summed E-state index contributed by atoms with van der Waals surface area (Å²) in [6, 6.07) is 6.54. The zero-order valence-electron chi connectivity index (χ0n) is 10.6. The first kappa shape index (κ1) is 12.2. The Balaban J connectivity index is 1.99. The fraction of sp³-hybridized carbons (Fsp3) is 0.538. The summed E-state index contributed by atoms with van der Waals surface area (Å²) in [7, 11) is 3.77. The lowest BCUT2D eigenvalue weighted by molar-refractivity contribution is 0.0579. The van der Waals surface area contributed by atoms with Crippen molar-refractivity contribution in [3.8, 4) is 11.5 Å². The maximum Gasteiger partial charge on any atom is 0.231 e. The molecule has 17 heavy (non-hydrogen) atoms. The molecule has 0 spiro atoms. The van der Waals surface area contributed by atoms with Crippen LogP contribution < -0.4 is 9.47 Å². The lowest BCUT2D eigenvalue weighted by atomic mass is 10.1. The average molecular weight is 237 g/mol. The number of nitrogens with zero attached hydrogens (tertiary/aromatic N) is 1. The molecule has 1 unspecified atom stereocenters. The van der Waals surface area contributed by atoms with Gasteiger partial charge in [-0.05, 0) is 38.1 Å². The van der Waals surface area contributed by atoms with Crippen molar-refractivity contribution in [1.82, 2.24) is 4.90 Å². The number of methoxy groups -OCH3 is 1. The van der Waals surface area contributed by atoms with E-state index in [1.165, 1.54) is 5.56 Å². The number of rotatable bonds is 5. The van der Waals surface area contributed by atoms with Crippen LogP contribution in [-0.4, -0.2) is 38.6 Å². The lowest BCUT2D eigenvalue weighted by Gasteiger charge is -2.23. The molecule has 2 rings (SSSR count). The van der Waals surface area contributed by atoms with Crippen molar-refractivity contribution in [1.29, 1.82) is 0 Å². The van der Waals surface area contributed by atoms with Crippen molar-refractivity contribution >= 4 is 0 Å². The van der Waals surface area contributed by atoms with E-state index in [0.29, 0.717) is 19.6 Å². The summed E-state index contributed by atoms with van der Waals surface area (Å²) in [6.45, 7) is 3.16. The summed E-state index contributed by atoms with van der Waals surface area (Å²) in [5.41, 5.74) is 1.25. The largest absolute Gasteiger partial charge is 0.454 e. The van der Waals surface area contributed by atoms with Crippen LogP contribution in [0.3, 0.4) is 0 Å². The topological polar surface area (TPSA) is 30.9 Å². The Labute approximate surface area is 102 Å². The highest BCUT2D eigenvalue weighted by atomic mass is 16.7. The Kier molecular flexibility index (Phi) is 3.86. The van der Waals surface area contributed by atoms with Crippen LogP contribution in [0.15, 0.2) is 18.2 Å². The average Bonchev–Trinajstić information content (AvgIpc) is 2.76. The number of benzene rings is 1. The van der Waals surface area contributed by atoms with Crippen molar-refractivity contribution in [3.05, 3.63) is 23.8 Å². The second-order valence-electron chi connectivity index (χ2n) is 4.42. The Morgan fingerprint density at radius 2 is 2.12 bits per heavy atom. The van der Waals surface area contributed by atoms with E-state index in [1.807, 2.05) is 6.07 Å². The van der Waals surface area contributed by atoms with Gasteiger partial charge in [0.15, 0.2) is 11.5 Å². The van der Waals surface area contributed by atoms with Crippen LogP contribution in [0.2, 0.25) is 0 Å². The van der Waals surface area contributed by atoms with E-state index in [4.69, 9.17) is 14.2 Å². The summed E-state index contributed by atoms with van der Waals surface area (Å²) in [5, 5.41) is 0. The van der Waals surface area contributed by atoms with E-state index in [1.54, 1.807) is 7.11 Å². The van der Waals surface area contributed by atoms with Crippen LogP contribution >= 0.6 is 0 Å². The number of ether oxygens (including phenoxy) is 3. The SMILES string of the molecule is COCN(C)C(C)Cc1ccc2c(c1)OCO2. The molecular weight excluding hydrogens is 218 g/mol. The van der Waals surface area contributed by atoms with E-state index in [9.17, 15) is 0 Å². The molecule has 1 aliphatic rings. The second kappa shape index (κ2) is 5.38. The monoisotopic (exact) mass is 237 g/mol. The number of hydrogen-bond donors (Lipinski definition) is 0. The van der Waals surface area contributed by atoms with E-state index < -0.39 is 0 Å². The highest BCUT2D eigenvalue weighted by molar-refractivity contribution is 5.44. The molecule has 94 valence electrons. The van der Waals surface area contributed by atoms with Crippen molar-refractivity contribution in [3.63, 3.8) is 0 Å². The van der Waals surface area contributed by atoms with E-state index in [2.05, 4.69) is 31.0 Å². The molecule has 1 heterocycles. The van der Waals surface area contributed by atoms with Crippen LogP contribution in [0, 0.1) is 0 Å². The van der Waals surface area contributed by atoms with Gasteiger partial charge in [-0.1, -0.05) is 6.07 Å². The molecule has 0 N–H and O–H groups in total. The van der Waals surface area contributed by atoms with Gasteiger partial charge in [0.2, 0.25) is 6.79 Å². The molecule has 4 nitrogen and oxygen atoms in total. The molecular formula is C13H19NO3. The fourth-order valence-electron chi connectivity index (χ4n) is 1.90. The minimum Gasteiger partial charge on any atom is -0.454 e. The maximum absolute atomic E-state index is 5.37. The third kappa shape index (κ3) is 2.90. The number of likely N-dealkylation sites (N-methyl/N-ethyl adjacent to an activating group) is 1. The zero-order chi connectivity index (χ0) is 12.3.